The second kappa shape index (κ2) is 5.89. The van der Waals surface area contributed by atoms with Crippen LogP contribution in [0.25, 0.3) is 22.5 Å². The van der Waals surface area contributed by atoms with Crippen LogP contribution in [0.1, 0.15) is 5.56 Å². The maximum absolute atomic E-state index is 13.3. The van der Waals surface area contributed by atoms with Gasteiger partial charge in [0.05, 0.1) is 22.4 Å². The summed E-state index contributed by atoms with van der Waals surface area (Å²) in [4.78, 5) is 17.6. The van der Waals surface area contributed by atoms with Crippen LogP contribution >= 0.6 is 15.9 Å². The third kappa shape index (κ3) is 2.46. The zero-order valence-electron chi connectivity index (χ0n) is 13.5. The molecule has 0 saturated carbocycles. The van der Waals surface area contributed by atoms with Gasteiger partial charge in [-0.2, -0.15) is 0 Å². The molecule has 0 fully saturated rings. The van der Waals surface area contributed by atoms with Gasteiger partial charge in [-0.3, -0.25) is 4.57 Å². The number of aromatic nitrogens is 3. The highest BCUT2D eigenvalue weighted by atomic mass is 79.9. The smallest absolute Gasteiger partial charge is 0.339 e. The van der Waals surface area contributed by atoms with Crippen LogP contribution in [0.2, 0.25) is 0 Å². The molecule has 2 heterocycles. The lowest BCUT2D eigenvalue weighted by atomic mass is 10.1. The van der Waals surface area contributed by atoms with Crippen molar-refractivity contribution in [1.29, 1.82) is 0 Å². The fourth-order valence-electron chi connectivity index (χ4n) is 2.97. The number of para-hydroxylation sites is 1. The van der Waals surface area contributed by atoms with E-state index < -0.39 is 0 Å². The Morgan fingerprint density at radius 3 is 2.60 bits per heavy atom. The second-order valence-corrected chi connectivity index (χ2v) is 6.70. The number of imidazole rings is 1. The van der Waals surface area contributed by atoms with Crippen LogP contribution in [0, 0.1) is 6.92 Å². The van der Waals surface area contributed by atoms with Gasteiger partial charge in [-0.25, -0.2) is 14.3 Å². The average molecular weight is 395 g/mol. The molecule has 0 bridgehead atoms. The first-order chi connectivity index (χ1) is 12.1. The number of nitrogens with zero attached hydrogens (tertiary/aromatic N) is 3. The van der Waals surface area contributed by atoms with Crippen LogP contribution in [0.3, 0.4) is 0 Å². The van der Waals surface area contributed by atoms with Crippen LogP contribution < -0.4 is 11.4 Å². The van der Waals surface area contributed by atoms with E-state index in [4.69, 9.17) is 5.73 Å². The van der Waals surface area contributed by atoms with Crippen molar-refractivity contribution in [1.82, 2.24) is 14.1 Å². The van der Waals surface area contributed by atoms with Gasteiger partial charge >= 0.3 is 5.69 Å². The Morgan fingerprint density at radius 1 is 1.00 bits per heavy atom. The molecule has 0 spiro atoms. The molecule has 2 N–H and O–H groups in total. The van der Waals surface area contributed by atoms with E-state index in [-0.39, 0.29) is 5.69 Å². The lowest BCUT2D eigenvalue weighted by Gasteiger charge is -2.09. The second-order valence-electron chi connectivity index (χ2n) is 5.78. The summed E-state index contributed by atoms with van der Waals surface area (Å²) in [5.41, 5.74) is 9.78. The molecule has 0 aliphatic heterocycles. The molecule has 0 amide bonds. The fourth-order valence-corrected chi connectivity index (χ4v) is 3.32. The van der Waals surface area contributed by atoms with Crippen molar-refractivity contribution in [3.05, 3.63) is 81.3 Å². The molecule has 0 atom stereocenters. The van der Waals surface area contributed by atoms with Crippen LogP contribution in [-0.2, 0) is 0 Å². The van der Waals surface area contributed by atoms with Crippen molar-refractivity contribution < 1.29 is 0 Å². The average Bonchev–Trinajstić information content (AvgIpc) is 2.89. The fraction of sp³-hybridized carbons (Fsp3) is 0.0526. The number of pyridine rings is 1. The summed E-state index contributed by atoms with van der Waals surface area (Å²) in [5.74, 6) is 0.574. The third-order valence-electron chi connectivity index (χ3n) is 4.22. The molecular weight excluding hydrogens is 380 g/mol. The van der Waals surface area contributed by atoms with Gasteiger partial charge in [0.1, 0.15) is 5.82 Å². The van der Waals surface area contributed by atoms with E-state index in [0.29, 0.717) is 17.2 Å². The van der Waals surface area contributed by atoms with Crippen molar-refractivity contribution in [2.24, 2.45) is 0 Å². The van der Waals surface area contributed by atoms with E-state index >= 15 is 0 Å². The maximum Gasteiger partial charge on any atom is 0.339 e. The first-order valence-corrected chi connectivity index (χ1v) is 8.57. The molecule has 5 nitrogen and oxygen atoms in total. The van der Waals surface area contributed by atoms with Crippen molar-refractivity contribution in [3.8, 4) is 11.5 Å². The lowest BCUT2D eigenvalue weighted by Crippen LogP contribution is -2.23. The zero-order valence-corrected chi connectivity index (χ0v) is 15.1. The molecule has 4 rings (SSSR count). The molecule has 0 aliphatic carbocycles. The Balaban J connectivity index is 2.16. The van der Waals surface area contributed by atoms with E-state index in [2.05, 4.69) is 20.9 Å². The van der Waals surface area contributed by atoms with Crippen LogP contribution in [0.4, 0.5) is 5.69 Å². The molecular formula is C19H15BrN4O. The topological polar surface area (TPSA) is 65.8 Å². The Morgan fingerprint density at radius 2 is 1.84 bits per heavy atom. The predicted octanol–water partition coefficient (Wildman–Crippen LogP) is 3.83. The number of halogens is 1. The standard InChI is InChI=1S/C19H15BrN4O/c1-12-5-4-6-15(18(12)21)23-16-11-13(20)8-9-14(16)24(19(23)25)17-7-2-3-10-22-17/h2-11H,21H2,1H3. The number of anilines is 1. The molecule has 2 aromatic heterocycles. The number of hydrogen-bond acceptors (Lipinski definition) is 3. The summed E-state index contributed by atoms with van der Waals surface area (Å²) in [6, 6.07) is 16.9. The molecule has 25 heavy (non-hydrogen) atoms. The molecule has 2 aromatic carbocycles. The highest BCUT2D eigenvalue weighted by molar-refractivity contribution is 9.10. The Kier molecular flexibility index (Phi) is 3.69. The number of nitrogens with two attached hydrogens (primary N) is 1. The van der Waals surface area contributed by atoms with Crippen molar-refractivity contribution in [3.63, 3.8) is 0 Å². The van der Waals surface area contributed by atoms with Crippen LogP contribution in [-0.4, -0.2) is 14.1 Å². The van der Waals surface area contributed by atoms with Gasteiger partial charge in [0.15, 0.2) is 0 Å². The first-order valence-electron chi connectivity index (χ1n) is 7.78. The van der Waals surface area contributed by atoms with Gasteiger partial charge in [-0.1, -0.05) is 34.1 Å². The van der Waals surface area contributed by atoms with Gasteiger partial charge in [0.25, 0.3) is 0 Å². The highest BCUT2D eigenvalue weighted by Gasteiger charge is 2.18. The van der Waals surface area contributed by atoms with Gasteiger partial charge < -0.3 is 5.73 Å². The minimum atomic E-state index is -0.205. The van der Waals surface area contributed by atoms with Gasteiger partial charge in [0.2, 0.25) is 0 Å². The molecule has 0 aliphatic rings. The minimum absolute atomic E-state index is 0.205. The quantitative estimate of drug-likeness (QED) is 0.525. The van der Waals surface area contributed by atoms with Gasteiger partial charge in [-0.15, -0.1) is 0 Å². The van der Waals surface area contributed by atoms with Crippen LogP contribution in [0.15, 0.2) is 70.1 Å². The van der Waals surface area contributed by atoms with E-state index in [1.165, 1.54) is 0 Å². The maximum atomic E-state index is 13.3. The molecule has 0 saturated heterocycles. The zero-order chi connectivity index (χ0) is 17.6. The minimum Gasteiger partial charge on any atom is -0.397 e. The number of nitrogen functional groups attached to an aromatic ring is 1. The summed E-state index contributed by atoms with van der Waals surface area (Å²) in [7, 11) is 0. The summed E-state index contributed by atoms with van der Waals surface area (Å²) in [5, 5.41) is 0. The Bertz CT molecular complexity index is 1150. The number of aryl methyl sites for hydroxylation is 1. The first kappa shape index (κ1) is 15.7. The van der Waals surface area contributed by atoms with Crippen molar-refractivity contribution in [2.45, 2.75) is 6.92 Å². The summed E-state index contributed by atoms with van der Waals surface area (Å²) < 4.78 is 4.12. The largest absolute Gasteiger partial charge is 0.397 e. The molecule has 124 valence electrons. The third-order valence-corrected chi connectivity index (χ3v) is 4.72. The Hall–Kier alpha value is -2.86. The highest BCUT2D eigenvalue weighted by Crippen LogP contribution is 2.27. The monoisotopic (exact) mass is 394 g/mol. The number of rotatable bonds is 2. The molecule has 0 unspecified atom stereocenters. The Labute approximate surface area is 152 Å². The van der Waals surface area contributed by atoms with E-state index in [1.807, 2.05) is 61.5 Å². The molecule has 6 heteroatoms. The van der Waals surface area contributed by atoms with E-state index in [9.17, 15) is 4.79 Å². The normalized spacial score (nSPS) is 11.1. The van der Waals surface area contributed by atoms with Gasteiger partial charge in [0, 0.05) is 10.7 Å². The summed E-state index contributed by atoms with van der Waals surface area (Å²) in [6.45, 7) is 1.93. The SMILES string of the molecule is Cc1cccc(-n2c(=O)n(-c3ccccn3)c3ccc(Br)cc32)c1N. The van der Waals surface area contributed by atoms with Crippen LogP contribution in [0.5, 0.6) is 0 Å². The number of benzene rings is 2. The van der Waals surface area contributed by atoms with Crippen molar-refractivity contribution >= 4 is 32.7 Å². The number of fused-ring (bicyclic) bond motifs is 1. The molecule has 4 aromatic rings. The van der Waals surface area contributed by atoms with E-state index in [1.54, 1.807) is 15.3 Å². The number of hydrogen-bond donors (Lipinski definition) is 1. The summed E-state index contributed by atoms with van der Waals surface area (Å²) >= 11 is 3.49. The lowest BCUT2D eigenvalue weighted by molar-refractivity contribution is 0.905. The van der Waals surface area contributed by atoms with E-state index in [0.717, 1.165) is 21.1 Å². The molecule has 0 radical (unpaired) electrons. The summed E-state index contributed by atoms with van der Waals surface area (Å²) in [6.07, 6.45) is 1.67. The van der Waals surface area contributed by atoms with Crippen molar-refractivity contribution in [2.75, 3.05) is 5.73 Å². The predicted molar refractivity (Wildman–Crippen MR) is 104 cm³/mol. The van der Waals surface area contributed by atoms with Gasteiger partial charge in [-0.05, 0) is 48.9 Å².